The number of carbonyl (C=O) groups excluding carboxylic acids is 2. The molecule has 2 unspecified atom stereocenters. The maximum Gasteiger partial charge on any atom is 0.416 e. The average molecular weight is 576 g/mol. The standard InChI is InChI=1S/C26H33ClF3N3O4S/c1-6-18(4)31-25(35)22(7-2)32(15-19-11-9-8-10-17(19)3)24(34)16-33(38(5,36)37)23-14-20(26(28,29)30)12-13-21(23)27/h8-14,18,22H,6-7,15-16H2,1-5H3,(H,31,35). The highest BCUT2D eigenvalue weighted by atomic mass is 35.5. The second-order valence-electron chi connectivity index (χ2n) is 9.12. The minimum Gasteiger partial charge on any atom is -0.352 e. The molecule has 210 valence electrons. The topological polar surface area (TPSA) is 86.8 Å². The first-order valence-electron chi connectivity index (χ1n) is 12.1. The number of halogens is 4. The van der Waals surface area contributed by atoms with Crippen LogP contribution in [0, 0.1) is 6.92 Å². The van der Waals surface area contributed by atoms with Crippen LogP contribution in [0.25, 0.3) is 0 Å². The third-order valence-electron chi connectivity index (χ3n) is 6.21. The van der Waals surface area contributed by atoms with E-state index in [-0.39, 0.29) is 24.0 Å². The summed E-state index contributed by atoms with van der Waals surface area (Å²) in [7, 11) is -4.25. The number of rotatable bonds is 11. The number of benzene rings is 2. The Bertz CT molecular complexity index is 1250. The van der Waals surface area contributed by atoms with Gasteiger partial charge in [-0.1, -0.05) is 49.7 Å². The molecular weight excluding hydrogens is 543 g/mol. The first-order chi connectivity index (χ1) is 17.6. The highest BCUT2D eigenvalue weighted by Crippen LogP contribution is 2.36. The van der Waals surface area contributed by atoms with E-state index in [0.717, 1.165) is 29.5 Å². The maximum absolute atomic E-state index is 13.7. The fraction of sp³-hybridized carbons (Fsp3) is 0.462. The van der Waals surface area contributed by atoms with Gasteiger partial charge in [0, 0.05) is 12.6 Å². The van der Waals surface area contributed by atoms with Crippen LogP contribution < -0.4 is 9.62 Å². The molecular formula is C26H33ClF3N3O4S. The molecule has 1 N–H and O–H groups in total. The van der Waals surface area contributed by atoms with Gasteiger partial charge in [-0.05, 0) is 56.0 Å². The van der Waals surface area contributed by atoms with Crippen LogP contribution >= 0.6 is 11.6 Å². The number of alkyl halides is 3. The van der Waals surface area contributed by atoms with Gasteiger partial charge in [0.25, 0.3) is 0 Å². The molecule has 0 fully saturated rings. The molecule has 0 heterocycles. The molecule has 0 spiro atoms. The van der Waals surface area contributed by atoms with Crippen LogP contribution in [0.5, 0.6) is 0 Å². The molecule has 0 aliphatic heterocycles. The Morgan fingerprint density at radius 1 is 1.08 bits per heavy atom. The first-order valence-corrected chi connectivity index (χ1v) is 14.3. The lowest BCUT2D eigenvalue weighted by atomic mass is 10.1. The maximum atomic E-state index is 13.7. The van der Waals surface area contributed by atoms with E-state index in [0.29, 0.717) is 16.8 Å². The van der Waals surface area contributed by atoms with Gasteiger partial charge in [0.1, 0.15) is 12.6 Å². The SMILES string of the molecule is CCC(C)NC(=O)C(CC)N(Cc1ccccc1C)C(=O)CN(c1cc(C(F)(F)F)ccc1Cl)S(C)(=O)=O. The number of sulfonamides is 1. The molecule has 0 saturated carbocycles. The molecule has 2 atom stereocenters. The van der Waals surface area contributed by atoms with Crippen LogP contribution in [0.15, 0.2) is 42.5 Å². The van der Waals surface area contributed by atoms with Gasteiger partial charge in [-0.3, -0.25) is 13.9 Å². The Hall–Kier alpha value is -2.79. The molecule has 2 amide bonds. The molecule has 0 aliphatic carbocycles. The Labute approximate surface area is 227 Å². The number of carbonyl (C=O) groups is 2. The zero-order valence-corrected chi connectivity index (χ0v) is 23.5. The average Bonchev–Trinajstić information content (AvgIpc) is 2.82. The smallest absolute Gasteiger partial charge is 0.352 e. The Balaban J connectivity index is 2.56. The van der Waals surface area contributed by atoms with Gasteiger partial charge in [-0.15, -0.1) is 0 Å². The summed E-state index contributed by atoms with van der Waals surface area (Å²) in [5, 5.41) is 2.58. The van der Waals surface area contributed by atoms with Gasteiger partial charge in [-0.25, -0.2) is 8.42 Å². The van der Waals surface area contributed by atoms with Gasteiger partial charge >= 0.3 is 6.18 Å². The van der Waals surface area contributed by atoms with Gasteiger partial charge in [0.05, 0.1) is 22.5 Å². The van der Waals surface area contributed by atoms with Crippen LogP contribution in [0.4, 0.5) is 18.9 Å². The van der Waals surface area contributed by atoms with E-state index < -0.39 is 51.9 Å². The normalized spacial score (nSPS) is 13.5. The first kappa shape index (κ1) is 31.4. The fourth-order valence-corrected chi connectivity index (χ4v) is 4.93. The van der Waals surface area contributed by atoms with Crippen molar-refractivity contribution >= 4 is 39.1 Å². The number of nitrogens with zero attached hydrogens (tertiary/aromatic N) is 2. The van der Waals surface area contributed by atoms with E-state index >= 15 is 0 Å². The van der Waals surface area contributed by atoms with E-state index in [4.69, 9.17) is 11.6 Å². The fourth-order valence-electron chi connectivity index (χ4n) is 3.81. The summed E-state index contributed by atoms with van der Waals surface area (Å²) in [6.45, 7) is 6.41. The lowest BCUT2D eigenvalue weighted by molar-refractivity contribution is -0.140. The predicted molar refractivity (Wildman–Crippen MR) is 142 cm³/mol. The molecule has 7 nitrogen and oxygen atoms in total. The van der Waals surface area contributed by atoms with E-state index in [9.17, 15) is 31.2 Å². The largest absolute Gasteiger partial charge is 0.416 e. The monoisotopic (exact) mass is 575 g/mol. The van der Waals surface area contributed by atoms with E-state index in [1.165, 1.54) is 4.90 Å². The second-order valence-corrected chi connectivity index (χ2v) is 11.4. The van der Waals surface area contributed by atoms with E-state index in [2.05, 4.69) is 5.32 Å². The highest BCUT2D eigenvalue weighted by Gasteiger charge is 2.35. The molecule has 2 rings (SSSR count). The van der Waals surface area contributed by atoms with Crippen LogP contribution in [0.2, 0.25) is 5.02 Å². The van der Waals surface area contributed by atoms with Crippen LogP contribution in [-0.4, -0.2) is 50.0 Å². The van der Waals surface area contributed by atoms with Gasteiger partial charge in [0.2, 0.25) is 21.8 Å². The van der Waals surface area contributed by atoms with Crippen molar-refractivity contribution in [2.75, 3.05) is 17.1 Å². The van der Waals surface area contributed by atoms with Crippen molar-refractivity contribution in [2.45, 2.75) is 65.3 Å². The quantitative estimate of drug-likeness (QED) is 0.401. The minimum atomic E-state index is -4.76. The summed E-state index contributed by atoms with van der Waals surface area (Å²) in [5.41, 5.74) is -0.0126. The Kier molecular flexibility index (Phi) is 10.6. The van der Waals surface area contributed by atoms with Crippen LogP contribution in [0.3, 0.4) is 0 Å². The molecule has 2 aromatic carbocycles. The Morgan fingerprint density at radius 2 is 1.71 bits per heavy atom. The third kappa shape index (κ3) is 8.10. The van der Waals surface area contributed by atoms with Crippen molar-refractivity contribution in [1.29, 1.82) is 0 Å². The number of nitrogens with one attached hydrogen (secondary N) is 1. The van der Waals surface area contributed by atoms with Crippen LogP contribution in [-0.2, 0) is 32.3 Å². The molecule has 0 radical (unpaired) electrons. The predicted octanol–water partition coefficient (Wildman–Crippen LogP) is 5.16. The molecule has 2 aromatic rings. The van der Waals surface area contributed by atoms with Crippen molar-refractivity contribution in [2.24, 2.45) is 0 Å². The lowest BCUT2D eigenvalue weighted by Gasteiger charge is -2.34. The summed E-state index contributed by atoms with van der Waals surface area (Å²) in [4.78, 5) is 28.1. The molecule has 38 heavy (non-hydrogen) atoms. The van der Waals surface area contributed by atoms with Crippen molar-refractivity contribution in [3.8, 4) is 0 Å². The summed E-state index contributed by atoms with van der Waals surface area (Å²) in [6, 6.07) is 8.35. The van der Waals surface area contributed by atoms with Gasteiger partial charge < -0.3 is 10.2 Å². The molecule has 12 heteroatoms. The second kappa shape index (κ2) is 12.8. The Morgan fingerprint density at radius 3 is 2.24 bits per heavy atom. The zero-order chi connectivity index (χ0) is 28.8. The zero-order valence-electron chi connectivity index (χ0n) is 22.0. The molecule has 0 aliphatic rings. The van der Waals surface area contributed by atoms with Gasteiger partial charge in [-0.2, -0.15) is 13.2 Å². The summed E-state index contributed by atoms with van der Waals surface area (Å²) in [6.07, 6.45) is -3.10. The number of hydrogen-bond acceptors (Lipinski definition) is 4. The van der Waals surface area contributed by atoms with Crippen LogP contribution in [0.1, 0.15) is 50.3 Å². The lowest BCUT2D eigenvalue weighted by Crippen LogP contribution is -2.53. The number of aryl methyl sites for hydroxylation is 1. The van der Waals surface area contributed by atoms with Crippen molar-refractivity contribution < 1.29 is 31.2 Å². The van der Waals surface area contributed by atoms with Crippen molar-refractivity contribution in [3.63, 3.8) is 0 Å². The summed E-state index contributed by atoms with van der Waals surface area (Å²) >= 11 is 6.11. The molecule has 0 aromatic heterocycles. The van der Waals surface area contributed by atoms with E-state index in [1.54, 1.807) is 19.1 Å². The minimum absolute atomic E-state index is 0.00807. The summed E-state index contributed by atoms with van der Waals surface area (Å²) in [5.74, 6) is -1.18. The third-order valence-corrected chi connectivity index (χ3v) is 7.66. The number of hydrogen-bond donors (Lipinski definition) is 1. The highest BCUT2D eigenvalue weighted by molar-refractivity contribution is 7.92. The number of anilines is 1. The van der Waals surface area contributed by atoms with E-state index in [1.807, 2.05) is 32.9 Å². The van der Waals surface area contributed by atoms with Gasteiger partial charge in [0.15, 0.2) is 0 Å². The molecule has 0 saturated heterocycles. The number of amides is 2. The summed E-state index contributed by atoms with van der Waals surface area (Å²) < 4.78 is 66.1. The van der Waals surface area contributed by atoms with Crippen molar-refractivity contribution in [3.05, 3.63) is 64.2 Å². The van der Waals surface area contributed by atoms with Crippen molar-refractivity contribution in [1.82, 2.24) is 10.2 Å². The molecule has 0 bridgehead atoms.